The highest BCUT2D eigenvalue weighted by Crippen LogP contribution is 2.14. The summed E-state index contributed by atoms with van der Waals surface area (Å²) < 4.78 is 1.59. The predicted molar refractivity (Wildman–Crippen MR) is 79.2 cm³/mol. The van der Waals surface area contributed by atoms with Gasteiger partial charge in [0.15, 0.2) is 0 Å². The van der Waals surface area contributed by atoms with Gasteiger partial charge in [-0.25, -0.2) is 9.67 Å². The van der Waals surface area contributed by atoms with Crippen LogP contribution in [0.15, 0.2) is 36.9 Å². The normalized spacial score (nSPS) is 11.4. The number of aromatic nitrogens is 3. The van der Waals surface area contributed by atoms with E-state index in [9.17, 15) is 9.90 Å². The lowest BCUT2D eigenvalue weighted by atomic mass is 9.97. The third-order valence-electron chi connectivity index (χ3n) is 3.69. The fourth-order valence-corrected chi connectivity index (χ4v) is 1.98. The van der Waals surface area contributed by atoms with Gasteiger partial charge >= 0.3 is 0 Å². The molecule has 0 atom stereocenters. The number of aliphatic hydroxyl groups is 1. The average Bonchev–Trinajstić information content (AvgIpc) is 3.07. The molecule has 0 aliphatic rings. The Labute approximate surface area is 123 Å². The van der Waals surface area contributed by atoms with Crippen LogP contribution in [-0.2, 0) is 0 Å². The summed E-state index contributed by atoms with van der Waals surface area (Å²) in [5.41, 5.74) is 0.443. The molecule has 6 heteroatoms. The zero-order valence-electron chi connectivity index (χ0n) is 12.3. The number of benzene rings is 1. The molecule has 0 aliphatic carbocycles. The maximum absolute atomic E-state index is 12.2. The largest absolute Gasteiger partial charge is 0.388 e. The van der Waals surface area contributed by atoms with E-state index in [0.717, 1.165) is 5.69 Å². The average molecular weight is 288 g/mol. The van der Waals surface area contributed by atoms with Crippen molar-refractivity contribution in [3.05, 3.63) is 42.5 Å². The Hall–Kier alpha value is -2.21. The summed E-state index contributed by atoms with van der Waals surface area (Å²) in [6.07, 6.45) is 4.21. The minimum Gasteiger partial charge on any atom is -0.388 e. The van der Waals surface area contributed by atoms with Crippen molar-refractivity contribution in [1.29, 1.82) is 0 Å². The maximum Gasteiger partial charge on any atom is 0.251 e. The molecule has 6 nitrogen and oxygen atoms in total. The number of rotatable bonds is 6. The first-order valence-corrected chi connectivity index (χ1v) is 7.03. The van der Waals surface area contributed by atoms with Gasteiger partial charge in [-0.05, 0) is 31.0 Å². The number of nitrogens with zero attached hydrogens (tertiary/aromatic N) is 3. The molecule has 0 unspecified atom stereocenters. The van der Waals surface area contributed by atoms with Crippen LogP contribution in [0.5, 0.6) is 0 Å². The van der Waals surface area contributed by atoms with Crippen LogP contribution in [0, 0.1) is 0 Å². The molecule has 1 amide bonds. The van der Waals surface area contributed by atoms with Gasteiger partial charge in [-0.2, -0.15) is 5.10 Å². The molecular weight excluding hydrogens is 268 g/mol. The quantitative estimate of drug-likeness (QED) is 0.845. The SMILES string of the molecule is CCC(O)(CC)CNC(=O)c1cccc(-n2cncn2)c1. The zero-order valence-corrected chi connectivity index (χ0v) is 12.3. The molecule has 21 heavy (non-hydrogen) atoms. The molecule has 2 N–H and O–H groups in total. The lowest BCUT2D eigenvalue weighted by molar-refractivity contribution is 0.0314. The molecule has 112 valence electrons. The van der Waals surface area contributed by atoms with Gasteiger partial charge in [0.05, 0.1) is 11.3 Å². The van der Waals surface area contributed by atoms with Crippen molar-refractivity contribution in [3.63, 3.8) is 0 Å². The van der Waals surface area contributed by atoms with Crippen LogP contribution >= 0.6 is 0 Å². The van der Waals surface area contributed by atoms with Gasteiger partial charge in [0.25, 0.3) is 5.91 Å². The van der Waals surface area contributed by atoms with E-state index < -0.39 is 5.60 Å². The van der Waals surface area contributed by atoms with Gasteiger partial charge in [-0.3, -0.25) is 4.79 Å². The number of carbonyl (C=O) groups is 1. The highest BCUT2D eigenvalue weighted by molar-refractivity contribution is 5.94. The van der Waals surface area contributed by atoms with Crippen molar-refractivity contribution in [3.8, 4) is 5.69 Å². The fraction of sp³-hybridized carbons (Fsp3) is 0.400. The first-order valence-electron chi connectivity index (χ1n) is 7.03. The standard InChI is InChI=1S/C15H20N4O2/c1-3-15(21,4-2)9-17-14(20)12-6-5-7-13(8-12)19-11-16-10-18-19/h5-8,10-11,21H,3-4,9H2,1-2H3,(H,17,20). The van der Waals surface area contributed by atoms with E-state index in [1.165, 1.54) is 6.33 Å². The summed E-state index contributed by atoms with van der Waals surface area (Å²) in [6, 6.07) is 7.10. The van der Waals surface area contributed by atoms with Crippen LogP contribution in [0.1, 0.15) is 37.0 Å². The first-order chi connectivity index (χ1) is 10.1. The Bertz CT molecular complexity index is 591. The summed E-state index contributed by atoms with van der Waals surface area (Å²) in [5.74, 6) is -0.211. The van der Waals surface area contributed by atoms with E-state index in [0.29, 0.717) is 18.4 Å². The molecular formula is C15H20N4O2. The van der Waals surface area contributed by atoms with Gasteiger partial charge in [0.2, 0.25) is 0 Å². The number of nitrogens with one attached hydrogen (secondary N) is 1. The monoisotopic (exact) mass is 288 g/mol. The van der Waals surface area contributed by atoms with E-state index in [2.05, 4.69) is 15.4 Å². The van der Waals surface area contributed by atoms with Crippen LogP contribution in [-0.4, -0.2) is 37.9 Å². The topological polar surface area (TPSA) is 80.0 Å². The summed E-state index contributed by atoms with van der Waals surface area (Å²) in [6.45, 7) is 4.05. The molecule has 0 radical (unpaired) electrons. The lowest BCUT2D eigenvalue weighted by Gasteiger charge is -2.25. The van der Waals surface area contributed by atoms with Crippen LogP contribution < -0.4 is 5.32 Å². The zero-order chi connectivity index (χ0) is 15.3. The molecule has 0 bridgehead atoms. The predicted octanol–water partition coefficient (Wildman–Crippen LogP) is 1.55. The highest BCUT2D eigenvalue weighted by Gasteiger charge is 2.23. The minimum atomic E-state index is -0.848. The fourth-order valence-electron chi connectivity index (χ4n) is 1.98. The van der Waals surface area contributed by atoms with Crippen molar-refractivity contribution in [1.82, 2.24) is 20.1 Å². The maximum atomic E-state index is 12.2. The third-order valence-corrected chi connectivity index (χ3v) is 3.69. The molecule has 0 aliphatic heterocycles. The Kier molecular flexibility index (Phi) is 4.70. The molecule has 1 heterocycles. The minimum absolute atomic E-state index is 0.211. The van der Waals surface area contributed by atoms with Crippen LogP contribution in [0.4, 0.5) is 0 Å². The third kappa shape index (κ3) is 3.66. The summed E-state index contributed by atoms with van der Waals surface area (Å²) >= 11 is 0. The first kappa shape index (κ1) is 15.2. The lowest BCUT2D eigenvalue weighted by Crippen LogP contribution is -2.42. The van der Waals surface area contributed by atoms with E-state index in [4.69, 9.17) is 0 Å². The molecule has 0 spiro atoms. The Balaban J connectivity index is 2.08. The molecule has 0 saturated heterocycles. The number of hydrogen-bond acceptors (Lipinski definition) is 4. The second kappa shape index (κ2) is 6.49. The Morgan fingerprint density at radius 1 is 1.38 bits per heavy atom. The summed E-state index contributed by atoms with van der Waals surface area (Å²) in [7, 11) is 0. The highest BCUT2D eigenvalue weighted by atomic mass is 16.3. The van der Waals surface area contributed by atoms with Crippen molar-refractivity contribution in [2.24, 2.45) is 0 Å². The molecule has 1 aromatic heterocycles. The Morgan fingerprint density at radius 3 is 2.76 bits per heavy atom. The molecule has 0 fully saturated rings. The number of carbonyl (C=O) groups excluding carboxylic acids is 1. The molecule has 1 aromatic carbocycles. The van der Waals surface area contributed by atoms with E-state index in [1.807, 2.05) is 19.9 Å². The van der Waals surface area contributed by atoms with Crippen LogP contribution in [0.3, 0.4) is 0 Å². The van der Waals surface area contributed by atoms with Gasteiger partial charge < -0.3 is 10.4 Å². The molecule has 0 saturated carbocycles. The van der Waals surface area contributed by atoms with E-state index in [1.54, 1.807) is 29.2 Å². The summed E-state index contributed by atoms with van der Waals surface area (Å²) in [4.78, 5) is 16.1. The number of amides is 1. The summed E-state index contributed by atoms with van der Waals surface area (Å²) in [5, 5.41) is 17.0. The second-order valence-corrected chi connectivity index (χ2v) is 5.00. The van der Waals surface area contributed by atoms with Crippen molar-refractivity contribution >= 4 is 5.91 Å². The molecule has 2 rings (SSSR count). The van der Waals surface area contributed by atoms with Gasteiger partial charge in [0.1, 0.15) is 12.7 Å². The van der Waals surface area contributed by atoms with Crippen molar-refractivity contribution in [2.75, 3.05) is 6.54 Å². The van der Waals surface area contributed by atoms with E-state index >= 15 is 0 Å². The smallest absolute Gasteiger partial charge is 0.251 e. The van der Waals surface area contributed by atoms with Crippen LogP contribution in [0.25, 0.3) is 5.69 Å². The van der Waals surface area contributed by atoms with Crippen LogP contribution in [0.2, 0.25) is 0 Å². The second-order valence-electron chi connectivity index (χ2n) is 5.00. The van der Waals surface area contributed by atoms with Crippen molar-refractivity contribution < 1.29 is 9.90 Å². The number of hydrogen-bond donors (Lipinski definition) is 2. The molecule has 2 aromatic rings. The Morgan fingerprint density at radius 2 is 2.14 bits per heavy atom. The van der Waals surface area contributed by atoms with Crippen molar-refractivity contribution in [2.45, 2.75) is 32.3 Å². The van der Waals surface area contributed by atoms with Gasteiger partial charge in [-0.1, -0.05) is 19.9 Å². The van der Waals surface area contributed by atoms with Gasteiger partial charge in [0, 0.05) is 12.1 Å². The van der Waals surface area contributed by atoms with Gasteiger partial charge in [-0.15, -0.1) is 0 Å². The van der Waals surface area contributed by atoms with E-state index in [-0.39, 0.29) is 12.5 Å².